The Balaban J connectivity index is 2.31. The molecule has 0 aliphatic heterocycles. The molecule has 0 amide bonds. The van der Waals surface area contributed by atoms with Gasteiger partial charge < -0.3 is 0 Å². The first-order chi connectivity index (χ1) is 9.13. The van der Waals surface area contributed by atoms with E-state index in [-0.39, 0.29) is 6.04 Å². The quantitative estimate of drug-likeness (QED) is 0.648. The standard InChI is InChI=1S/C15H16BrClN2/c1-10-5-2-3-6-11(10)9-14(19-18)12-7-4-8-13(16)15(12)17/h2-8,14,19H,9,18H2,1H3. The Morgan fingerprint density at radius 3 is 2.63 bits per heavy atom. The molecule has 1 atom stereocenters. The Morgan fingerprint density at radius 2 is 1.95 bits per heavy atom. The molecule has 0 aliphatic rings. The summed E-state index contributed by atoms with van der Waals surface area (Å²) < 4.78 is 0.886. The SMILES string of the molecule is Cc1ccccc1CC(NN)c1cccc(Br)c1Cl. The molecule has 2 aromatic carbocycles. The van der Waals surface area contributed by atoms with Crippen molar-refractivity contribution in [2.45, 2.75) is 19.4 Å². The molecule has 0 saturated heterocycles. The van der Waals surface area contributed by atoms with Crippen molar-refractivity contribution in [3.63, 3.8) is 0 Å². The van der Waals surface area contributed by atoms with Crippen LogP contribution in [0.2, 0.25) is 5.02 Å². The number of halogens is 2. The Labute approximate surface area is 127 Å². The zero-order valence-corrected chi connectivity index (χ0v) is 13.0. The van der Waals surface area contributed by atoms with Crippen LogP contribution in [0.4, 0.5) is 0 Å². The number of benzene rings is 2. The van der Waals surface area contributed by atoms with Crippen molar-refractivity contribution < 1.29 is 0 Å². The van der Waals surface area contributed by atoms with E-state index in [9.17, 15) is 0 Å². The second-order valence-corrected chi connectivity index (χ2v) is 5.73. The third-order valence-corrected chi connectivity index (χ3v) is 4.55. The van der Waals surface area contributed by atoms with Gasteiger partial charge in [0.15, 0.2) is 0 Å². The lowest BCUT2D eigenvalue weighted by molar-refractivity contribution is 0.551. The lowest BCUT2D eigenvalue weighted by atomic mass is 9.96. The smallest absolute Gasteiger partial charge is 0.0596 e. The van der Waals surface area contributed by atoms with Crippen LogP contribution in [0.1, 0.15) is 22.7 Å². The number of rotatable bonds is 4. The summed E-state index contributed by atoms with van der Waals surface area (Å²) in [4.78, 5) is 0. The number of hydrogen-bond donors (Lipinski definition) is 2. The third kappa shape index (κ3) is 3.37. The summed E-state index contributed by atoms with van der Waals surface area (Å²) in [6.45, 7) is 2.10. The van der Waals surface area contributed by atoms with Gasteiger partial charge in [0.1, 0.15) is 0 Å². The number of nitrogens with one attached hydrogen (secondary N) is 1. The van der Waals surface area contributed by atoms with Crippen LogP contribution in [0.5, 0.6) is 0 Å². The van der Waals surface area contributed by atoms with Crippen LogP contribution in [0.25, 0.3) is 0 Å². The largest absolute Gasteiger partial charge is 0.271 e. The summed E-state index contributed by atoms with van der Waals surface area (Å²) in [5.74, 6) is 5.70. The van der Waals surface area contributed by atoms with Crippen LogP contribution in [0.15, 0.2) is 46.9 Å². The van der Waals surface area contributed by atoms with Crippen LogP contribution >= 0.6 is 27.5 Å². The molecule has 1 unspecified atom stereocenters. The Hall–Kier alpha value is -0.870. The van der Waals surface area contributed by atoms with Crippen LogP contribution in [0, 0.1) is 6.92 Å². The summed E-state index contributed by atoms with van der Waals surface area (Å²) in [6, 6.07) is 14.2. The molecule has 2 rings (SSSR count). The van der Waals surface area contributed by atoms with Gasteiger partial charge in [0.2, 0.25) is 0 Å². The molecular formula is C15H16BrClN2. The zero-order chi connectivity index (χ0) is 13.8. The van der Waals surface area contributed by atoms with Crippen LogP contribution in [0.3, 0.4) is 0 Å². The van der Waals surface area contributed by atoms with E-state index in [0.717, 1.165) is 16.5 Å². The summed E-state index contributed by atoms with van der Waals surface area (Å²) in [5.41, 5.74) is 6.38. The van der Waals surface area contributed by atoms with Gasteiger partial charge in [-0.1, -0.05) is 48.0 Å². The highest BCUT2D eigenvalue weighted by Gasteiger charge is 2.16. The summed E-state index contributed by atoms with van der Waals surface area (Å²) >= 11 is 9.77. The van der Waals surface area contributed by atoms with E-state index in [0.29, 0.717) is 5.02 Å². The highest BCUT2D eigenvalue weighted by Crippen LogP contribution is 2.31. The maximum atomic E-state index is 6.33. The fourth-order valence-corrected chi connectivity index (χ4v) is 2.75. The lowest BCUT2D eigenvalue weighted by Gasteiger charge is -2.19. The Bertz CT molecular complexity index is 572. The molecular weight excluding hydrogens is 324 g/mol. The summed E-state index contributed by atoms with van der Waals surface area (Å²) in [7, 11) is 0. The maximum absolute atomic E-state index is 6.33. The van der Waals surface area contributed by atoms with Gasteiger partial charge >= 0.3 is 0 Å². The highest BCUT2D eigenvalue weighted by molar-refractivity contribution is 9.10. The first kappa shape index (κ1) is 14.5. The van der Waals surface area contributed by atoms with Crippen molar-refractivity contribution >= 4 is 27.5 Å². The van der Waals surface area contributed by atoms with Crippen LogP contribution in [-0.2, 0) is 6.42 Å². The minimum atomic E-state index is -0.00824. The molecule has 4 heteroatoms. The van der Waals surface area contributed by atoms with Gasteiger partial charge in [0, 0.05) is 4.47 Å². The number of nitrogens with two attached hydrogens (primary N) is 1. The molecule has 0 aliphatic carbocycles. The molecule has 2 aromatic rings. The van der Waals surface area contributed by atoms with Gasteiger partial charge in [-0.25, -0.2) is 0 Å². The summed E-state index contributed by atoms with van der Waals surface area (Å²) in [5, 5.41) is 0.707. The van der Waals surface area contributed by atoms with Crippen LogP contribution in [-0.4, -0.2) is 0 Å². The Kier molecular flexibility index (Phi) is 4.99. The van der Waals surface area contributed by atoms with E-state index in [1.54, 1.807) is 0 Å². The molecule has 3 N–H and O–H groups in total. The fourth-order valence-electron chi connectivity index (χ4n) is 2.11. The second-order valence-electron chi connectivity index (χ2n) is 4.49. The number of hydrazine groups is 1. The number of hydrogen-bond acceptors (Lipinski definition) is 2. The predicted molar refractivity (Wildman–Crippen MR) is 84.1 cm³/mol. The number of aryl methyl sites for hydroxylation is 1. The van der Waals surface area contributed by atoms with Crippen molar-refractivity contribution in [3.05, 3.63) is 68.7 Å². The molecule has 100 valence electrons. The molecule has 0 aromatic heterocycles. The second kappa shape index (κ2) is 6.53. The van der Waals surface area contributed by atoms with Crippen LogP contribution < -0.4 is 11.3 Å². The first-order valence-corrected chi connectivity index (χ1v) is 7.25. The Morgan fingerprint density at radius 1 is 1.21 bits per heavy atom. The van der Waals surface area contributed by atoms with Gasteiger partial charge in [0.25, 0.3) is 0 Å². The topological polar surface area (TPSA) is 38.0 Å². The molecule has 2 nitrogen and oxygen atoms in total. The first-order valence-electron chi connectivity index (χ1n) is 6.08. The molecule has 0 bridgehead atoms. The van der Waals surface area contributed by atoms with E-state index >= 15 is 0 Å². The lowest BCUT2D eigenvalue weighted by Crippen LogP contribution is -2.30. The van der Waals surface area contributed by atoms with Crippen molar-refractivity contribution in [1.29, 1.82) is 0 Å². The van der Waals surface area contributed by atoms with E-state index in [1.807, 2.05) is 30.3 Å². The average molecular weight is 340 g/mol. The van der Waals surface area contributed by atoms with Crippen molar-refractivity contribution in [2.24, 2.45) is 5.84 Å². The minimum Gasteiger partial charge on any atom is -0.271 e. The molecule has 0 radical (unpaired) electrons. The zero-order valence-electron chi connectivity index (χ0n) is 10.7. The van der Waals surface area contributed by atoms with E-state index in [2.05, 4.69) is 40.4 Å². The van der Waals surface area contributed by atoms with E-state index in [4.69, 9.17) is 17.4 Å². The van der Waals surface area contributed by atoms with Crippen molar-refractivity contribution in [1.82, 2.24) is 5.43 Å². The fraction of sp³-hybridized carbons (Fsp3) is 0.200. The normalized spacial score (nSPS) is 12.4. The summed E-state index contributed by atoms with van der Waals surface area (Å²) in [6.07, 6.45) is 0.805. The molecule has 0 spiro atoms. The van der Waals surface area contributed by atoms with E-state index < -0.39 is 0 Å². The third-order valence-electron chi connectivity index (χ3n) is 3.24. The minimum absolute atomic E-state index is 0.00824. The van der Waals surface area contributed by atoms with Gasteiger partial charge in [0.05, 0.1) is 11.1 Å². The van der Waals surface area contributed by atoms with Crippen molar-refractivity contribution in [2.75, 3.05) is 0 Å². The van der Waals surface area contributed by atoms with Gasteiger partial charge in [-0.05, 0) is 52.0 Å². The average Bonchev–Trinajstić information content (AvgIpc) is 2.41. The van der Waals surface area contributed by atoms with Crippen molar-refractivity contribution in [3.8, 4) is 0 Å². The van der Waals surface area contributed by atoms with E-state index in [1.165, 1.54) is 11.1 Å². The van der Waals surface area contributed by atoms with Gasteiger partial charge in [-0.15, -0.1) is 0 Å². The monoisotopic (exact) mass is 338 g/mol. The predicted octanol–water partition coefficient (Wildman–Crippen LogP) is 4.16. The van der Waals surface area contributed by atoms with Gasteiger partial charge in [-0.3, -0.25) is 11.3 Å². The molecule has 0 heterocycles. The molecule has 19 heavy (non-hydrogen) atoms. The maximum Gasteiger partial charge on any atom is 0.0596 e. The molecule has 0 fully saturated rings. The van der Waals surface area contributed by atoms with Gasteiger partial charge in [-0.2, -0.15) is 0 Å². The highest BCUT2D eigenvalue weighted by atomic mass is 79.9. The molecule has 0 saturated carbocycles.